The number of benzene rings is 2. The minimum atomic E-state index is -0.736. The van der Waals surface area contributed by atoms with E-state index >= 15 is 0 Å². The predicted molar refractivity (Wildman–Crippen MR) is 107 cm³/mol. The highest BCUT2D eigenvalue weighted by molar-refractivity contribution is 5.70. The third kappa shape index (κ3) is 6.39. The van der Waals surface area contributed by atoms with Gasteiger partial charge in [-0.3, -0.25) is 9.69 Å². The smallest absolute Gasteiger partial charge is 0.307 e. The van der Waals surface area contributed by atoms with Crippen LogP contribution < -0.4 is 0 Å². The Labute approximate surface area is 169 Å². The van der Waals surface area contributed by atoms with Crippen molar-refractivity contribution >= 4 is 12.0 Å². The Bertz CT molecular complexity index is 852. The average molecular weight is 401 g/mol. The first-order chi connectivity index (χ1) is 14.0. The number of nitrogens with zero attached hydrogens (tertiary/aromatic N) is 1. The first kappa shape index (κ1) is 21.0. The van der Waals surface area contributed by atoms with E-state index < -0.39 is 5.97 Å². The fraction of sp³-hybridized carbons (Fsp3) is 0.348. The summed E-state index contributed by atoms with van der Waals surface area (Å²) in [6.45, 7) is 2.57. The van der Waals surface area contributed by atoms with Crippen LogP contribution in [0.25, 0.3) is 6.08 Å². The molecule has 1 saturated heterocycles. The summed E-state index contributed by atoms with van der Waals surface area (Å²) < 4.78 is 32.3. The minimum absolute atomic E-state index is 0.299. The lowest BCUT2D eigenvalue weighted by Gasteiger charge is -2.30. The molecule has 154 valence electrons. The molecule has 1 fully saturated rings. The van der Waals surface area contributed by atoms with E-state index in [0.29, 0.717) is 26.1 Å². The van der Waals surface area contributed by atoms with Gasteiger partial charge in [-0.05, 0) is 72.8 Å². The highest BCUT2D eigenvalue weighted by Crippen LogP contribution is 2.19. The molecule has 0 aromatic heterocycles. The van der Waals surface area contributed by atoms with Crippen LogP contribution in [0, 0.1) is 17.6 Å². The van der Waals surface area contributed by atoms with Crippen molar-refractivity contribution in [3.63, 3.8) is 0 Å². The van der Waals surface area contributed by atoms with Crippen molar-refractivity contribution in [2.24, 2.45) is 5.92 Å². The van der Waals surface area contributed by atoms with E-state index in [9.17, 15) is 13.6 Å². The summed E-state index contributed by atoms with van der Waals surface area (Å²) in [5, 5.41) is 9.14. The van der Waals surface area contributed by atoms with E-state index in [1.807, 2.05) is 0 Å². The molecule has 1 N–H and O–H groups in total. The van der Waals surface area contributed by atoms with Crippen molar-refractivity contribution in [2.45, 2.75) is 19.3 Å². The molecule has 2 aromatic rings. The molecule has 29 heavy (non-hydrogen) atoms. The molecule has 6 heteroatoms. The Morgan fingerprint density at radius 3 is 2.69 bits per heavy atom. The van der Waals surface area contributed by atoms with Crippen molar-refractivity contribution in [3.8, 4) is 0 Å². The van der Waals surface area contributed by atoms with Crippen LogP contribution in [-0.2, 0) is 16.0 Å². The number of aliphatic carboxylic acids is 1. The first-order valence-corrected chi connectivity index (χ1v) is 9.77. The van der Waals surface area contributed by atoms with Crippen LogP contribution in [0.4, 0.5) is 8.78 Å². The van der Waals surface area contributed by atoms with E-state index in [2.05, 4.69) is 4.90 Å². The highest BCUT2D eigenvalue weighted by Gasteiger charge is 2.24. The highest BCUT2D eigenvalue weighted by atomic mass is 19.1. The fourth-order valence-electron chi connectivity index (χ4n) is 3.54. The molecule has 1 aliphatic rings. The number of carbonyl (C=O) groups is 1. The zero-order chi connectivity index (χ0) is 20.6. The maximum absolute atomic E-state index is 13.7. The van der Waals surface area contributed by atoms with Gasteiger partial charge in [0.25, 0.3) is 0 Å². The van der Waals surface area contributed by atoms with Gasteiger partial charge in [0.05, 0.1) is 18.8 Å². The van der Waals surface area contributed by atoms with Crippen LogP contribution in [0.3, 0.4) is 0 Å². The van der Waals surface area contributed by atoms with Crippen LogP contribution in [-0.4, -0.2) is 42.2 Å². The Hall–Kier alpha value is -2.73. The molecule has 0 aliphatic carbocycles. The molecule has 1 aliphatic heterocycles. The van der Waals surface area contributed by atoms with Gasteiger partial charge in [0.1, 0.15) is 11.6 Å². The molecule has 0 radical (unpaired) electrons. The van der Waals surface area contributed by atoms with Crippen LogP contribution in [0.15, 0.2) is 48.7 Å². The number of ether oxygens (including phenoxy) is 1. The van der Waals surface area contributed by atoms with Gasteiger partial charge >= 0.3 is 5.97 Å². The van der Waals surface area contributed by atoms with Gasteiger partial charge in [-0.1, -0.05) is 18.2 Å². The third-order valence-electron chi connectivity index (χ3n) is 5.14. The topological polar surface area (TPSA) is 49.8 Å². The molecule has 0 bridgehead atoms. The zero-order valence-corrected chi connectivity index (χ0v) is 16.2. The summed E-state index contributed by atoms with van der Waals surface area (Å²) in [4.78, 5) is 13.2. The Balaban J connectivity index is 1.53. The fourth-order valence-corrected chi connectivity index (χ4v) is 3.54. The second-order valence-electron chi connectivity index (χ2n) is 7.30. The average Bonchev–Trinajstić information content (AvgIpc) is 2.71. The molecule has 1 unspecified atom stereocenters. The van der Waals surface area contributed by atoms with Gasteiger partial charge in [-0.15, -0.1) is 0 Å². The Morgan fingerprint density at radius 1 is 1.17 bits per heavy atom. The maximum atomic E-state index is 13.7. The summed E-state index contributed by atoms with van der Waals surface area (Å²) in [6.07, 6.45) is 5.47. The van der Waals surface area contributed by atoms with E-state index in [1.54, 1.807) is 30.5 Å². The normalized spacial score (nSPS) is 17.5. The second-order valence-corrected chi connectivity index (χ2v) is 7.30. The van der Waals surface area contributed by atoms with Gasteiger partial charge < -0.3 is 9.84 Å². The van der Waals surface area contributed by atoms with Gasteiger partial charge in [-0.25, -0.2) is 8.78 Å². The number of hydrogen-bond donors (Lipinski definition) is 1. The molecule has 2 aromatic carbocycles. The van der Waals surface area contributed by atoms with Crippen molar-refractivity contribution < 1.29 is 23.4 Å². The molecule has 3 rings (SSSR count). The number of halogens is 2. The molecular weight excluding hydrogens is 376 g/mol. The zero-order valence-electron chi connectivity index (χ0n) is 16.2. The summed E-state index contributed by atoms with van der Waals surface area (Å²) in [7, 11) is 0. The predicted octanol–water partition coefficient (Wildman–Crippen LogP) is 4.34. The maximum Gasteiger partial charge on any atom is 0.307 e. The van der Waals surface area contributed by atoms with Crippen LogP contribution in [0.1, 0.15) is 29.5 Å². The van der Waals surface area contributed by atoms with Gasteiger partial charge in [-0.2, -0.15) is 0 Å². The molecule has 0 amide bonds. The van der Waals surface area contributed by atoms with Crippen molar-refractivity contribution in [1.82, 2.24) is 4.90 Å². The van der Waals surface area contributed by atoms with E-state index in [-0.39, 0.29) is 17.6 Å². The van der Waals surface area contributed by atoms with Crippen LogP contribution >= 0.6 is 0 Å². The monoisotopic (exact) mass is 401 g/mol. The summed E-state index contributed by atoms with van der Waals surface area (Å²) in [6, 6.07) is 10.7. The quantitative estimate of drug-likeness (QED) is 0.528. The number of piperidine rings is 1. The summed E-state index contributed by atoms with van der Waals surface area (Å²) in [5.74, 6) is -1.66. The lowest BCUT2D eigenvalue weighted by Crippen LogP contribution is -2.40. The molecule has 4 nitrogen and oxygen atoms in total. The second kappa shape index (κ2) is 10.2. The number of hydrogen-bond acceptors (Lipinski definition) is 3. The summed E-state index contributed by atoms with van der Waals surface area (Å²) in [5.41, 5.74) is 2.52. The van der Waals surface area contributed by atoms with Gasteiger partial charge in [0, 0.05) is 13.1 Å². The van der Waals surface area contributed by atoms with Crippen molar-refractivity contribution in [3.05, 3.63) is 77.1 Å². The molecule has 0 spiro atoms. The molecule has 1 atom stereocenters. The summed E-state index contributed by atoms with van der Waals surface area (Å²) >= 11 is 0. The first-order valence-electron chi connectivity index (χ1n) is 9.77. The van der Waals surface area contributed by atoms with Crippen molar-refractivity contribution in [2.75, 3.05) is 26.2 Å². The third-order valence-corrected chi connectivity index (χ3v) is 5.14. The SMILES string of the molecule is O=C(O)C1CCCN(CCO/C=C\c2ccc(F)cc2Cc2ccc(F)cc2)C1. The van der Waals surface area contributed by atoms with Crippen molar-refractivity contribution in [1.29, 1.82) is 0 Å². The van der Waals surface area contributed by atoms with Crippen LogP contribution in [0.5, 0.6) is 0 Å². The number of carboxylic acid groups (broad SMARTS) is 1. The molecule has 0 saturated carbocycles. The lowest BCUT2D eigenvalue weighted by atomic mass is 9.98. The standard InChI is InChI=1S/C23H25F2NO3/c24-21-6-3-17(4-7-21)14-20-15-22(25)8-5-18(20)9-12-29-13-11-26-10-1-2-19(16-26)23(27)28/h3-9,12,15,19H,1-2,10-11,13-14,16H2,(H,27,28)/b12-9-. The Morgan fingerprint density at radius 2 is 1.93 bits per heavy atom. The van der Waals surface area contributed by atoms with Crippen LogP contribution in [0.2, 0.25) is 0 Å². The van der Waals surface area contributed by atoms with Gasteiger partial charge in [0.15, 0.2) is 0 Å². The number of carboxylic acids is 1. The molecule has 1 heterocycles. The van der Waals surface area contributed by atoms with E-state index in [0.717, 1.165) is 36.1 Å². The molecular formula is C23H25F2NO3. The lowest BCUT2D eigenvalue weighted by molar-refractivity contribution is -0.143. The van der Waals surface area contributed by atoms with Gasteiger partial charge in [0.2, 0.25) is 0 Å². The minimum Gasteiger partial charge on any atom is -0.500 e. The number of likely N-dealkylation sites (tertiary alicyclic amines) is 1. The van der Waals surface area contributed by atoms with E-state index in [1.165, 1.54) is 24.3 Å². The number of rotatable bonds is 8. The largest absolute Gasteiger partial charge is 0.500 e. The van der Waals surface area contributed by atoms with E-state index in [4.69, 9.17) is 9.84 Å². The Kier molecular flexibility index (Phi) is 7.36.